The molecule has 0 saturated carbocycles. The van der Waals surface area contributed by atoms with E-state index in [0.717, 1.165) is 12.8 Å². The molecule has 1 unspecified atom stereocenters. The van der Waals surface area contributed by atoms with Crippen molar-refractivity contribution in [3.63, 3.8) is 0 Å². The van der Waals surface area contributed by atoms with Crippen molar-refractivity contribution in [2.75, 3.05) is 19.6 Å². The lowest BCUT2D eigenvalue weighted by Crippen LogP contribution is -2.22. The van der Waals surface area contributed by atoms with Crippen LogP contribution in [0.2, 0.25) is 0 Å². The molecule has 2 heterocycles. The number of aromatic nitrogens is 1. The second-order valence-corrected chi connectivity index (χ2v) is 6.71. The van der Waals surface area contributed by atoms with Gasteiger partial charge in [0.05, 0.1) is 0 Å². The first-order valence-corrected chi connectivity index (χ1v) is 9.01. The molecule has 1 atom stereocenters. The number of benzene rings is 1. The monoisotopic (exact) mass is 308 g/mol. The summed E-state index contributed by atoms with van der Waals surface area (Å²) in [7, 11) is 0. The summed E-state index contributed by atoms with van der Waals surface area (Å²) in [5.41, 5.74) is 5.14. The predicted molar refractivity (Wildman–Crippen MR) is 96.9 cm³/mol. The van der Waals surface area contributed by atoms with Crippen LogP contribution in [0.4, 0.5) is 0 Å². The van der Waals surface area contributed by atoms with Crippen LogP contribution in [-0.2, 0) is 6.42 Å². The highest BCUT2D eigenvalue weighted by Crippen LogP contribution is 2.28. The largest absolute Gasteiger partial charge is 0.303 e. The van der Waals surface area contributed by atoms with Gasteiger partial charge in [0, 0.05) is 17.3 Å². The highest BCUT2D eigenvalue weighted by Gasteiger charge is 2.19. The van der Waals surface area contributed by atoms with E-state index in [1.165, 1.54) is 55.0 Å². The molecule has 0 aliphatic carbocycles. The third-order valence-electron chi connectivity index (χ3n) is 4.96. The van der Waals surface area contributed by atoms with Crippen LogP contribution in [0, 0.1) is 6.92 Å². The fraction of sp³-hybridized carbons (Fsp3) is 0.476. The maximum Gasteiger partial charge on any atom is 0.0482 e. The van der Waals surface area contributed by atoms with Crippen LogP contribution in [0.1, 0.15) is 54.6 Å². The zero-order chi connectivity index (χ0) is 16.1. The fourth-order valence-electron chi connectivity index (χ4n) is 3.49. The Balaban J connectivity index is 1.83. The van der Waals surface area contributed by atoms with Crippen LogP contribution >= 0.6 is 0 Å². The van der Waals surface area contributed by atoms with Gasteiger partial charge in [0.25, 0.3) is 0 Å². The molecule has 0 bridgehead atoms. The first kappa shape index (κ1) is 16.2. The van der Waals surface area contributed by atoms with Crippen molar-refractivity contribution in [2.24, 2.45) is 0 Å². The molecule has 1 saturated heterocycles. The summed E-state index contributed by atoms with van der Waals surface area (Å²) < 4.78 is 0. The van der Waals surface area contributed by atoms with Gasteiger partial charge >= 0.3 is 0 Å². The summed E-state index contributed by atoms with van der Waals surface area (Å²) in [5, 5.41) is 0. The molecular formula is C21H28N2. The van der Waals surface area contributed by atoms with Crippen molar-refractivity contribution in [1.82, 2.24) is 9.88 Å². The van der Waals surface area contributed by atoms with Crippen LogP contribution in [-0.4, -0.2) is 29.5 Å². The van der Waals surface area contributed by atoms with E-state index in [1.807, 2.05) is 0 Å². The quantitative estimate of drug-likeness (QED) is 0.777. The number of likely N-dealkylation sites (tertiary alicyclic amines) is 1. The lowest BCUT2D eigenvalue weighted by Gasteiger charge is -2.22. The summed E-state index contributed by atoms with van der Waals surface area (Å²) in [6.07, 6.45) is 4.88. The van der Waals surface area contributed by atoms with E-state index in [0.29, 0.717) is 5.92 Å². The van der Waals surface area contributed by atoms with E-state index in [9.17, 15) is 0 Å². The molecule has 1 aromatic carbocycles. The molecule has 3 rings (SSSR count). The Labute approximate surface area is 140 Å². The second kappa shape index (κ2) is 7.74. The van der Waals surface area contributed by atoms with E-state index in [-0.39, 0.29) is 0 Å². The van der Waals surface area contributed by atoms with E-state index in [1.54, 1.807) is 0 Å². The molecule has 23 heavy (non-hydrogen) atoms. The fourth-order valence-corrected chi connectivity index (χ4v) is 3.49. The van der Waals surface area contributed by atoms with Crippen molar-refractivity contribution in [2.45, 2.75) is 45.4 Å². The summed E-state index contributed by atoms with van der Waals surface area (Å²) in [6.45, 7) is 8.04. The first-order valence-electron chi connectivity index (χ1n) is 9.01. The van der Waals surface area contributed by atoms with E-state index < -0.39 is 0 Å². The molecule has 0 spiro atoms. The second-order valence-electron chi connectivity index (χ2n) is 6.71. The first-order chi connectivity index (χ1) is 11.3. The Morgan fingerprint density at radius 1 is 1.04 bits per heavy atom. The van der Waals surface area contributed by atoms with Gasteiger partial charge in [0.15, 0.2) is 0 Å². The Morgan fingerprint density at radius 3 is 2.48 bits per heavy atom. The molecular weight excluding hydrogens is 280 g/mol. The van der Waals surface area contributed by atoms with Gasteiger partial charge in [0.2, 0.25) is 0 Å². The molecule has 2 nitrogen and oxygen atoms in total. The maximum atomic E-state index is 4.92. The van der Waals surface area contributed by atoms with Crippen molar-refractivity contribution in [3.05, 3.63) is 65.0 Å². The van der Waals surface area contributed by atoms with Gasteiger partial charge in [-0.1, -0.05) is 42.8 Å². The SMILES string of the molecule is CCc1cccc(C(CCN2CCCC2)c2ccc(C)cc2)n1. The molecule has 0 N–H and O–H groups in total. The van der Waals surface area contributed by atoms with Gasteiger partial charge < -0.3 is 4.90 Å². The average molecular weight is 308 g/mol. The predicted octanol–water partition coefficient (Wildman–Crippen LogP) is 4.57. The molecule has 1 fully saturated rings. The Morgan fingerprint density at radius 2 is 1.78 bits per heavy atom. The summed E-state index contributed by atoms with van der Waals surface area (Å²) >= 11 is 0. The van der Waals surface area contributed by atoms with Crippen LogP contribution in [0.3, 0.4) is 0 Å². The molecule has 2 heteroatoms. The topological polar surface area (TPSA) is 16.1 Å². The zero-order valence-corrected chi connectivity index (χ0v) is 14.5. The van der Waals surface area contributed by atoms with Crippen LogP contribution in [0.15, 0.2) is 42.5 Å². The normalized spacial score (nSPS) is 16.6. The molecule has 2 aromatic rings. The van der Waals surface area contributed by atoms with Gasteiger partial charge in [-0.2, -0.15) is 0 Å². The molecule has 1 aliphatic rings. The van der Waals surface area contributed by atoms with E-state index in [4.69, 9.17) is 4.98 Å². The number of hydrogen-bond acceptors (Lipinski definition) is 2. The Hall–Kier alpha value is -1.67. The number of nitrogens with zero attached hydrogens (tertiary/aromatic N) is 2. The number of pyridine rings is 1. The summed E-state index contributed by atoms with van der Waals surface area (Å²) in [6, 6.07) is 15.5. The van der Waals surface area contributed by atoms with Gasteiger partial charge in [-0.05, 0) is 69.9 Å². The highest BCUT2D eigenvalue weighted by atomic mass is 15.1. The van der Waals surface area contributed by atoms with E-state index >= 15 is 0 Å². The smallest absolute Gasteiger partial charge is 0.0482 e. The number of aryl methyl sites for hydroxylation is 2. The summed E-state index contributed by atoms with van der Waals surface area (Å²) in [4.78, 5) is 7.52. The third-order valence-corrected chi connectivity index (χ3v) is 4.96. The standard InChI is InChI=1S/C21H28N2/c1-3-19-7-6-8-21(22-19)20(13-16-23-14-4-5-15-23)18-11-9-17(2)10-12-18/h6-12,20H,3-5,13-16H2,1-2H3. The van der Waals surface area contributed by atoms with Gasteiger partial charge in [0.1, 0.15) is 0 Å². The number of hydrogen-bond donors (Lipinski definition) is 0. The van der Waals surface area contributed by atoms with Gasteiger partial charge in [-0.15, -0.1) is 0 Å². The third kappa shape index (κ3) is 4.20. The molecule has 1 aromatic heterocycles. The van der Waals surface area contributed by atoms with Crippen molar-refractivity contribution in [3.8, 4) is 0 Å². The Bertz CT molecular complexity index is 612. The number of rotatable bonds is 6. The molecule has 1 aliphatic heterocycles. The highest BCUT2D eigenvalue weighted by molar-refractivity contribution is 5.31. The van der Waals surface area contributed by atoms with Crippen molar-refractivity contribution >= 4 is 0 Å². The van der Waals surface area contributed by atoms with E-state index in [2.05, 4.69) is 61.2 Å². The minimum Gasteiger partial charge on any atom is -0.303 e. The molecule has 0 amide bonds. The lowest BCUT2D eigenvalue weighted by atomic mass is 9.91. The lowest BCUT2D eigenvalue weighted by molar-refractivity contribution is 0.326. The molecule has 122 valence electrons. The Kier molecular flexibility index (Phi) is 5.45. The van der Waals surface area contributed by atoms with Crippen LogP contribution < -0.4 is 0 Å². The summed E-state index contributed by atoms with van der Waals surface area (Å²) in [5.74, 6) is 0.405. The van der Waals surface area contributed by atoms with Crippen LogP contribution in [0.25, 0.3) is 0 Å². The van der Waals surface area contributed by atoms with Gasteiger partial charge in [-0.3, -0.25) is 4.98 Å². The van der Waals surface area contributed by atoms with Crippen LogP contribution in [0.5, 0.6) is 0 Å². The minimum absolute atomic E-state index is 0.405. The maximum absolute atomic E-state index is 4.92. The van der Waals surface area contributed by atoms with Crippen molar-refractivity contribution in [1.29, 1.82) is 0 Å². The van der Waals surface area contributed by atoms with Gasteiger partial charge in [-0.25, -0.2) is 0 Å². The average Bonchev–Trinajstić information content (AvgIpc) is 3.10. The molecule has 0 radical (unpaired) electrons. The van der Waals surface area contributed by atoms with Crippen molar-refractivity contribution < 1.29 is 0 Å². The zero-order valence-electron chi connectivity index (χ0n) is 14.5. The minimum atomic E-state index is 0.405.